The fourth-order valence-corrected chi connectivity index (χ4v) is 4.02. The molecule has 2 N–H and O–H groups in total. The van der Waals surface area contributed by atoms with Crippen molar-refractivity contribution in [2.45, 2.75) is 31.7 Å². The van der Waals surface area contributed by atoms with Crippen LogP contribution in [0.25, 0.3) is 10.9 Å². The molecule has 4 rings (SSSR count). The van der Waals surface area contributed by atoms with Gasteiger partial charge in [-0.3, -0.25) is 14.9 Å². The minimum atomic E-state index is -0.768. The molecule has 0 radical (unpaired) electrons. The summed E-state index contributed by atoms with van der Waals surface area (Å²) >= 11 is 0. The molecule has 1 fully saturated rings. The average Bonchev–Trinajstić information content (AvgIpc) is 3.13. The largest absolute Gasteiger partial charge is 0.358 e. The van der Waals surface area contributed by atoms with Crippen LogP contribution in [0.15, 0.2) is 23.2 Å². The second kappa shape index (κ2) is 6.61. The van der Waals surface area contributed by atoms with Crippen LogP contribution in [0.4, 0.5) is 4.39 Å². The van der Waals surface area contributed by atoms with E-state index in [1.165, 1.54) is 12.1 Å². The molecular weight excluding hydrogens is 361 g/mol. The number of aliphatic imine (C=N–C) groups is 1. The van der Waals surface area contributed by atoms with E-state index in [1.54, 1.807) is 15.9 Å². The van der Waals surface area contributed by atoms with Gasteiger partial charge in [0.15, 0.2) is 0 Å². The number of carbonyl (C=O) groups excluding carboxylic acids is 2. The van der Waals surface area contributed by atoms with Crippen LogP contribution in [0.1, 0.15) is 24.1 Å². The maximum atomic E-state index is 13.6. The van der Waals surface area contributed by atoms with Crippen molar-refractivity contribution in [1.82, 2.24) is 20.1 Å². The highest BCUT2D eigenvalue weighted by molar-refractivity contribution is 6.07. The summed E-state index contributed by atoms with van der Waals surface area (Å²) in [5.74, 6) is 0.146. The molecule has 2 amide bonds. The SMILES string of the molecule is Cc1[nH]c2ccc(F)cc2c1CC(=O)N1CCC2(CC1)N=C(N(C)C)NC2=O. The van der Waals surface area contributed by atoms with E-state index in [9.17, 15) is 14.0 Å². The van der Waals surface area contributed by atoms with Gasteiger partial charge in [-0.05, 0) is 43.5 Å². The maximum Gasteiger partial charge on any atom is 0.254 e. The van der Waals surface area contributed by atoms with Gasteiger partial charge in [-0.2, -0.15) is 0 Å². The third-order valence-corrected chi connectivity index (χ3v) is 5.74. The predicted molar refractivity (Wildman–Crippen MR) is 105 cm³/mol. The number of carbonyl (C=O) groups is 2. The topological polar surface area (TPSA) is 80.8 Å². The normalized spacial score (nSPS) is 18.5. The number of aromatic nitrogens is 1. The molecule has 0 bridgehead atoms. The Morgan fingerprint density at radius 3 is 2.68 bits per heavy atom. The van der Waals surface area contributed by atoms with Gasteiger partial charge in [-0.15, -0.1) is 0 Å². The van der Waals surface area contributed by atoms with E-state index in [2.05, 4.69) is 15.3 Å². The first-order chi connectivity index (χ1) is 13.3. The minimum absolute atomic E-state index is 0.0154. The molecule has 2 aromatic rings. The Morgan fingerprint density at radius 1 is 1.32 bits per heavy atom. The zero-order valence-corrected chi connectivity index (χ0v) is 16.3. The van der Waals surface area contributed by atoms with Gasteiger partial charge < -0.3 is 14.8 Å². The van der Waals surface area contributed by atoms with Crippen molar-refractivity contribution in [3.63, 3.8) is 0 Å². The van der Waals surface area contributed by atoms with E-state index < -0.39 is 5.54 Å². The summed E-state index contributed by atoms with van der Waals surface area (Å²) in [4.78, 5) is 36.7. The zero-order chi connectivity index (χ0) is 20.1. The van der Waals surface area contributed by atoms with Crippen molar-refractivity contribution >= 4 is 28.7 Å². The Balaban J connectivity index is 1.48. The molecule has 148 valence electrons. The summed E-state index contributed by atoms with van der Waals surface area (Å²) in [6.07, 6.45) is 1.22. The molecule has 1 aromatic heterocycles. The van der Waals surface area contributed by atoms with Crippen LogP contribution < -0.4 is 5.32 Å². The summed E-state index contributed by atoms with van der Waals surface area (Å²) in [5, 5.41) is 3.57. The van der Waals surface area contributed by atoms with Gasteiger partial charge in [0.05, 0.1) is 6.42 Å². The van der Waals surface area contributed by atoms with E-state index >= 15 is 0 Å². The van der Waals surface area contributed by atoms with Crippen molar-refractivity contribution in [2.75, 3.05) is 27.2 Å². The highest BCUT2D eigenvalue weighted by Gasteiger charge is 2.46. The quantitative estimate of drug-likeness (QED) is 0.823. The van der Waals surface area contributed by atoms with Crippen LogP contribution in [0.3, 0.4) is 0 Å². The number of nitrogens with zero attached hydrogens (tertiary/aromatic N) is 3. The van der Waals surface area contributed by atoms with Gasteiger partial charge >= 0.3 is 0 Å². The third-order valence-electron chi connectivity index (χ3n) is 5.74. The fraction of sp³-hybridized carbons (Fsp3) is 0.450. The van der Waals surface area contributed by atoms with Gasteiger partial charge in [0.1, 0.15) is 11.4 Å². The Labute approximate surface area is 162 Å². The molecule has 0 saturated carbocycles. The van der Waals surface area contributed by atoms with Crippen molar-refractivity contribution in [2.24, 2.45) is 4.99 Å². The summed E-state index contributed by atoms with van der Waals surface area (Å²) in [7, 11) is 3.67. The van der Waals surface area contributed by atoms with Gasteiger partial charge in [0, 0.05) is 43.8 Å². The second-order valence-electron chi connectivity index (χ2n) is 7.79. The molecule has 28 heavy (non-hydrogen) atoms. The Hall–Kier alpha value is -2.90. The van der Waals surface area contributed by atoms with Crippen molar-refractivity contribution in [3.05, 3.63) is 35.3 Å². The number of aryl methyl sites for hydroxylation is 1. The van der Waals surface area contributed by atoms with E-state index in [0.717, 1.165) is 22.2 Å². The van der Waals surface area contributed by atoms with Gasteiger partial charge in [0.25, 0.3) is 5.91 Å². The number of guanidine groups is 1. The number of nitrogens with one attached hydrogen (secondary N) is 2. The summed E-state index contributed by atoms with van der Waals surface area (Å²) in [5.41, 5.74) is 1.76. The summed E-state index contributed by atoms with van der Waals surface area (Å²) < 4.78 is 13.6. The molecule has 0 aliphatic carbocycles. The van der Waals surface area contributed by atoms with E-state index in [4.69, 9.17) is 0 Å². The van der Waals surface area contributed by atoms with Gasteiger partial charge in [0.2, 0.25) is 11.9 Å². The molecule has 1 aromatic carbocycles. The first-order valence-electron chi connectivity index (χ1n) is 9.42. The number of H-pyrrole nitrogens is 1. The highest BCUT2D eigenvalue weighted by atomic mass is 19.1. The second-order valence-corrected chi connectivity index (χ2v) is 7.79. The first kappa shape index (κ1) is 18.5. The molecule has 8 heteroatoms. The van der Waals surface area contributed by atoms with Crippen LogP contribution >= 0.6 is 0 Å². The zero-order valence-electron chi connectivity index (χ0n) is 16.3. The number of aromatic amines is 1. The molecule has 2 aliphatic rings. The lowest BCUT2D eigenvalue weighted by molar-refractivity contribution is -0.135. The van der Waals surface area contributed by atoms with Crippen molar-refractivity contribution in [3.8, 4) is 0 Å². The Morgan fingerprint density at radius 2 is 2.04 bits per heavy atom. The third kappa shape index (κ3) is 3.02. The van der Waals surface area contributed by atoms with Crippen LogP contribution in [0.2, 0.25) is 0 Å². The fourth-order valence-electron chi connectivity index (χ4n) is 4.02. The van der Waals surface area contributed by atoms with Crippen LogP contribution in [-0.4, -0.2) is 65.3 Å². The number of hydrogen-bond donors (Lipinski definition) is 2. The Bertz CT molecular complexity index is 986. The van der Waals surface area contributed by atoms with E-state index in [0.29, 0.717) is 31.9 Å². The highest BCUT2D eigenvalue weighted by Crippen LogP contribution is 2.31. The average molecular weight is 385 g/mol. The number of benzene rings is 1. The number of likely N-dealkylation sites (tertiary alicyclic amines) is 1. The standard InChI is InChI=1S/C20H24FN5O2/c1-12-14(15-10-13(21)4-5-16(15)22-12)11-17(27)26-8-6-20(7-9-26)18(28)23-19(24-20)25(2)3/h4-5,10,22H,6-9,11H2,1-3H3,(H,23,24,28). The number of amides is 2. The molecule has 0 atom stereocenters. The maximum absolute atomic E-state index is 13.6. The lowest BCUT2D eigenvalue weighted by Gasteiger charge is -2.35. The number of halogens is 1. The van der Waals surface area contributed by atoms with Crippen molar-refractivity contribution < 1.29 is 14.0 Å². The van der Waals surface area contributed by atoms with Gasteiger partial charge in [-0.25, -0.2) is 9.38 Å². The lowest BCUT2D eigenvalue weighted by Crippen LogP contribution is -2.51. The number of hydrogen-bond acceptors (Lipinski definition) is 4. The number of rotatable bonds is 2. The molecule has 1 saturated heterocycles. The summed E-state index contributed by atoms with van der Waals surface area (Å²) in [6, 6.07) is 4.56. The number of piperidine rings is 1. The van der Waals surface area contributed by atoms with E-state index in [1.807, 2.05) is 21.0 Å². The Kier molecular flexibility index (Phi) is 4.36. The van der Waals surface area contributed by atoms with Crippen LogP contribution in [-0.2, 0) is 16.0 Å². The van der Waals surface area contributed by atoms with Crippen molar-refractivity contribution in [1.29, 1.82) is 0 Å². The molecule has 1 spiro atoms. The predicted octanol–water partition coefficient (Wildman–Crippen LogP) is 1.57. The molecule has 2 aliphatic heterocycles. The molecule has 0 unspecified atom stereocenters. The lowest BCUT2D eigenvalue weighted by atomic mass is 9.87. The summed E-state index contributed by atoms with van der Waals surface area (Å²) in [6.45, 7) is 2.85. The molecular formula is C20H24FN5O2. The monoisotopic (exact) mass is 385 g/mol. The van der Waals surface area contributed by atoms with Crippen LogP contribution in [0, 0.1) is 12.7 Å². The first-order valence-corrected chi connectivity index (χ1v) is 9.42. The molecule has 3 heterocycles. The smallest absolute Gasteiger partial charge is 0.254 e. The van der Waals surface area contributed by atoms with Gasteiger partial charge in [-0.1, -0.05) is 0 Å². The number of fused-ring (bicyclic) bond motifs is 1. The van der Waals surface area contributed by atoms with Crippen LogP contribution in [0.5, 0.6) is 0 Å². The van der Waals surface area contributed by atoms with E-state index in [-0.39, 0.29) is 24.1 Å². The minimum Gasteiger partial charge on any atom is -0.358 e. The molecule has 7 nitrogen and oxygen atoms in total.